The first-order chi connectivity index (χ1) is 14.8. The van der Waals surface area contributed by atoms with E-state index in [0.717, 1.165) is 52.2 Å². The third kappa shape index (κ3) is 4.32. The Morgan fingerprint density at radius 1 is 1.20 bits per heavy atom. The number of fused-ring (bicyclic) bond motifs is 1. The van der Waals surface area contributed by atoms with E-state index >= 15 is 0 Å². The highest BCUT2D eigenvalue weighted by Gasteiger charge is 2.30. The molecule has 0 radical (unpaired) electrons. The van der Waals surface area contributed by atoms with Crippen molar-refractivity contribution in [3.8, 4) is 22.9 Å². The molecular formula is C21H22N4O3S2. The van der Waals surface area contributed by atoms with Gasteiger partial charge in [-0.1, -0.05) is 17.8 Å². The molecule has 9 heteroatoms. The number of benzene rings is 1. The molecule has 30 heavy (non-hydrogen) atoms. The lowest BCUT2D eigenvalue weighted by atomic mass is 10.2. The fraction of sp³-hybridized carbons (Fsp3) is 0.381. The first-order valence-corrected chi connectivity index (χ1v) is 11.9. The number of hydrogen-bond acceptors (Lipinski definition) is 7. The number of aromatic nitrogens is 3. The minimum absolute atomic E-state index is 0.00382. The predicted molar refractivity (Wildman–Crippen MR) is 116 cm³/mol. The van der Waals surface area contributed by atoms with E-state index < -0.39 is 0 Å². The number of hydrogen-bond donors (Lipinski definition) is 1. The summed E-state index contributed by atoms with van der Waals surface area (Å²) in [4.78, 5) is 13.4. The monoisotopic (exact) mass is 442 g/mol. The van der Waals surface area contributed by atoms with E-state index in [0.29, 0.717) is 31.6 Å². The summed E-state index contributed by atoms with van der Waals surface area (Å²) in [5.74, 6) is 2.64. The lowest BCUT2D eigenvalue weighted by Gasteiger charge is -2.11. The van der Waals surface area contributed by atoms with Crippen LogP contribution in [0.3, 0.4) is 0 Å². The van der Waals surface area contributed by atoms with Gasteiger partial charge in [-0.25, -0.2) is 0 Å². The zero-order chi connectivity index (χ0) is 20.3. The molecule has 3 aromatic rings. The van der Waals surface area contributed by atoms with E-state index in [1.54, 1.807) is 11.3 Å². The normalized spacial score (nSPS) is 15.6. The zero-order valence-corrected chi connectivity index (χ0v) is 18.0. The highest BCUT2D eigenvalue weighted by Crippen LogP contribution is 2.42. The van der Waals surface area contributed by atoms with Crippen LogP contribution in [0.15, 0.2) is 40.9 Å². The van der Waals surface area contributed by atoms with E-state index in [-0.39, 0.29) is 5.91 Å². The smallest absolute Gasteiger partial charge is 0.230 e. The van der Waals surface area contributed by atoms with Crippen molar-refractivity contribution in [1.29, 1.82) is 0 Å². The molecular weight excluding hydrogens is 420 g/mol. The Morgan fingerprint density at radius 3 is 2.87 bits per heavy atom. The molecule has 0 unspecified atom stereocenters. The van der Waals surface area contributed by atoms with Crippen LogP contribution in [0.4, 0.5) is 0 Å². The van der Waals surface area contributed by atoms with Crippen molar-refractivity contribution in [3.63, 3.8) is 0 Å². The van der Waals surface area contributed by atoms with Crippen molar-refractivity contribution in [3.05, 3.63) is 40.6 Å². The van der Waals surface area contributed by atoms with Gasteiger partial charge in [0, 0.05) is 22.9 Å². The van der Waals surface area contributed by atoms with Gasteiger partial charge in [0.05, 0.1) is 25.5 Å². The van der Waals surface area contributed by atoms with Gasteiger partial charge in [0.25, 0.3) is 0 Å². The Labute approximate surface area is 182 Å². The van der Waals surface area contributed by atoms with Gasteiger partial charge in [-0.05, 0) is 42.5 Å². The van der Waals surface area contributed by atoms with Gasteiger partial charge in [0.2, 0.25) is 5.91 Å². The van der Waals surface area contributed by atoms with Crippen molar-refractivity contribution in [1.82, 2.24) is 20.1 Å². The van der Waals surface area contributed by atoms with Crippen LogP contribution in [0.2, 0.25) is 0 Å². The number of carbonyl (C=O) groups is 1. The van der Waals surface area contributed by atoms with Crippen LogP contribution in [0.5, 0.6) is 11.5 Å². The van der Waals surface area contributed by atoms with Crippen molar-refractivity contribution < 1.29 is 14.3 Å². The lowest BCUT2D eigenvalue weighted by Crippen LogP contribution is -2.24. The van der Waals surface area contributed by atoms with Crippen molar-refractivity contribution >= 4 is 29.0 Å². The molecule has 0 atom stereocenters. The second-order valence-electron chi connectivity index (χ2n) is 7.26. The number of thioether (sulfide) groups is 1. The number of amides is 1. The minimum Gasteiger partial charge on any atom is -0.490 e. The molecule has 156 valence electrons. The number of carbonyl (C=O) groups excluding carboxylic acids is 1. The summed E-state index contributed by atoms with van der Waals surface area (Å²) < 4.78 is 13.7. The molecule has 1 saturated carbocycles. The molecule has 2 aliphatic rings. The van der Waals surface area contributed by atoms with E-state index in [1.165, 1.54) is 11.8 Å². The van der Waals surface area contributed by atoms with Gasteiger partial charge in [0.15, 0.2) is 22.5 Å². The van der Waals surface area contributed by atoms with Gasteiger partial charge in [-0.2, -0.15) is 0 Å². The van der Waals surface area contributed by atoms with Gasteiger partial charge in [-0.3, -0.25) is 9.36 Å². The summed E-state index contributed by atoms with van der Waals surface area (Å²) in [6.07, 6.45) is 3.08. The van der Waals surface area contributed by atoms with Crippen LogP contribution in [0.25, 0.3) is 11.4 Å². The Morgan fingerprint density at radius 2 is 2.07 bits per heavy atom. The summed E-state index contributed by atoms with van der Waals surface area (Å²) >= 11 is 3.07. The number of rotatable bonds is 7. The molecule has 1 fully saturated rings. The third-order valence-electron chi connectivity index (χ3n) is 4.95. The highest BCUT2D eigenvalue weighted by molar-refractivity contribution is 7.99. The largest absolute Gasteiger partial charge is 0.490 e. The predicted octanol–water partition coefficient (Wildman–Crippen LogP) is 3.91. The van der Waals surface area contributed by atoms with Gasteiger partial charge in [0.1, 0.15) is 0 Å². The minimum atomic E-state index is -0.00382. The topological polar surface area (TPSA) is 78.3 Å². The van der Waals surface area contributed by atoms with Crippen molar-refractivity contribution in [2.75, 3.05) is 19.0 Å². The van der Waals surface area contributed by atoms with Gasteiger partial charge in [-0.15, -0.1) is 21.5 Å². The SMILES string of the molecule is O=C(CSc1nnc(-c2ccc3c(c2)OCCCO3)n1C1CC1)NCc1cccs1. The number of nitrogens with zero attached hydrogens (tertiary/aromatic N) is 3. The summed E-state index contributed by atoms with van der Waals surface area (Å²) in [5, 5.41) is 14.6. The van der Waals surface area contributed by atoms with Gasteiger partial charge >= 0.3 is 0 Å². The number of ether oxygens (including phenoxy) is 2. The molecule has 3 heterocycles. The maximum atomic E-state index is 12.3. The summed E-state index contributed by atoms with van der Waals surface area (Å²) in [6.45, 7) is 1.88. The molecule has 1 amide bonds. The molecule has 1 aliphatic carbocycles. The fourth-order valence-electron chi connectivity index (χ4n) is 3.32. The molecule has 7 nitrogen and oxygen atoms in total. The molecule has 0 bridgehead atoms. The van der Waals surface area contributed by atoms with Crippen LogP contribution in [0.1, 0.15) is 30.2 Å². The molecule has 1 aliphatic heterocycles. The number of nitrogens with one attached hydrogen (secondary N) is 1. The molecule has 0 spiro atoms. The van der Waals surface area contributed by atoms with E-state index in [9.17, 15) is 4.79 Å². The second kappa shape index (κ2) is 8.69. The molecule has 0 saturated heterocycles. The lowest BCUT2D eigenvalue weighted by molar-refractivity contribution is -0.118. The van der Waals surface area contributed by atoms with E-state index in [4.69, 9.17) is 9.47 Å². The van der Waals surface area contributed by atoms with E-state index in [1.807, 2.05) is 35.7 Å². The van der Waals surface area contributed by atoms with E-state index in [2.05, 4.69) is 20.1 Å². The number of thiophene rings is 1. The van der Waals surface area contributed by atoms with Crippen LogP contribution in [0, 0.1) is 0 Å². The summed E-state index contributed by atoms with van der Waals surface area (Å²) in [5.41, 5.74) is 0.952. The Bertz CT molecular complexity index is 1030. The molecule has 5 rings (SSSR count). The maximum absolute atomic E-state index is 12.3. The molecule has 1 N–H and O–H groups in total. The van der Waals surface area contributed by atoms with Crippen LogP contribution < -0.4 is 14.8 Å². The Hall–Kier alpha value is -2.52. The second-order valence-corrected chi connectivity index (χ2v) is 9.24. The Kier molecular flexibility index (Phi) is 5.63. The zero-order valence-electron chi connectivity index (χ0n) is 16.4. The van der Waals surface area contributed by atoms with Crippen LogP contribution >= 0.6 is 23.1 Å². The maximum Gasteiger partial charge on any atom is 0.230 e. The van der Waals surface area contributed by atoms with Crippen molar-refractivity contribution in [2.45, 2.75) is 37.0 Å². The first kappa shape index (κ1) is 19.4. The highest BCUT2D eigenvalue weighted by atomic mass is 32.2. The van der Waals surface area contributed by atoms with Crippen LogP contribution in [-0.4, -0.2) is 39.6 Å². The average molecular weight is 443 g/mol. The quantitative estimate of drug-likeness (QED) is 0.559. The van der Waals surface area contributed by atoms with Crippen molar-refractivity contribution in [2.24, 2.45) is 0 Å². The fourth-order valence-corrected chi connectivity index (χ4v) is 4.80. The average Bonchev–Trinajstić information content (AvgIpc) is 3.38. The molecule has 2 aromatic heterocycles. The van der Waals surface area contributed by atoms with Gasteiger partial charge < -0.3 is 14.8 Å². The summed E-state index contributed by atoms with van der Waals surface area (Å²) in [7, 11) is 0. The third-order valence-corrected chi connectivity index (χ3v) is 6.77. The standard InChI is InChI=1S/C21H22N4O3S2/c26-19(22-12-16-3-1-10-29-16)13-30-21-24-23-20(25(21)15-5-6-15)14-4-7-17-18(11-14)28-9-2-8-27-17/h1,3-4,7,10-11,15H,2,5-6,8-9,12-13H2,(H,22,26). The summed E-state index contributed by atoms with van der Waals surface area (Å²) in [6, 6.07) is 10.3. The molecule has 1 aromatic carbocycles. The van der Waals surface area contributed by atoms with Crippen LogP contribution in [-0.2, 0) is 11.3 Å². The first-order valence-electron chi connectivity index (χ1n) is 10.0. The Balaban J connectivity index is 1.30.